The fraction of sp³-hybridized carbons (Fsp3) is 0.333. The number of fused-ring (bicyclic) bond motifs is 2. The van der Waals surface area contributed by atoms with Gasteiger partial charge in [-0.15, -0.1) is 24.5 Å². The fourth-order valence-corrected chi connectivity index (χ4v) is 5.16. The van der Waals surface area contributed by atoms with E-state index in [2.05, 4.69) is 32.8 Å². The van der Waals surface area contributed by atoms with Gasteiger partial charge in [0.25, 0.3) is 0 Å². The summed E-state index contributed by atoms with van der Waals surface area (Å²) in [5.74, 6) is -0.235. The number of ether oxygens (including phenoxy) is 1. The number of rotatable bonds is 5. The maximum Gasteiger partial charge on any atom is 0.573 e. The Morgan fingerprint density at radius 2 is 1.78 bits per heavy atom. The van der Waals surface area contributed by atoms with E-state index in [1.54, 1.807) is 17.4 Å². The number of anilines is 1. The molecular weight excluding hydrogens is 435 g/mol. The van der Waals surface area contributed by atoms with Crippen LogP contribution < -0.4 is 9.64 Å². The van der Waals surface area contributed by atoms with Crippen molar-refractivity contribution in [1.82, 2.24) is 9.97 Å². The SMILES string of the molecule is FC(F)(F)Oc1ccc2nc(CN(c3ccc4ncsc4c3)C3CCCCC3)ccc2c1. The number of hydrogen-bond donors (Lipinski definition) is 0. The van der Waals surface area contributed by atoms with Crippen LogP contribution >= 0.6 is 11.3 Å². The largest absolute Gasteiger partial charge is 0.573 e. The van der Waals surface area contributed by atoms with E-state index in [1.807, 2.05) is 17.6 Å². The molecule has 0 aliphatic heterocycles. The lowest BCUT2D eigenvalue weighted by atomic mass is 9.93. The molecule has 2 aromatic heterocycles. The number of thiazole rings is 1. The number of halogens is 3. The highest BCUT2D eigenvalue weighted by molar-refractivity contribution is 7.16. The van der Waals surface area contributed by atoms with Crippen molar-refractivity contribution in [3.63, 3.8) is 0 Å². The summed E-state index contributed by atoms with van der Waals surface area (Å²) in [6.07, 6.45) is 1.29. The van der Waals surface area contributed by atoms with Gasteiger partial charge in [0, 0.05) is 17.1 Å². The van der Waals surface area contributed by atoms with Crippen LogP contribution in [0.2, 0.25) is 0 Å². The normalized spacial score (nSPS) is 15.3. The van der Waals surface area contributed by atoms with Crippen LogP contribution in [0.25, 0.3) is 21.1 Å². The van der Waals surface area contributed by atoms with E-state index < -0.39 is 6.36 Å². The molecule has 4 nitrogen and oxygen atoms in total. The predicted molar refractivity (Wildman–Crippen MR) is 121 cm³/mol. The molecule has 1 saturated carbocycles. The second kappa shape index (κ2) is 8.58. The number of benzene rings is 2. The highest BCUT2D eigenvalue weighted by atomic mass is 32.1. The topological polar surface area (TPSA) is 38.2 Å². The monoisotopic (exact) mass is 457 g/mol. The van der Waals surface area contributed by atoms with Gasteiger partial charge in [-0.2, -0.15) is 0 Å². The van der Waals surface area contributed by atoms with Gasteiger partial charge in [0.2, 0.25) is 0 Å². The van der Waals surface area contributed by atoms with Gasteiger partial charge < -0.3 is 9.64 Å². The standard InChI is InChI=1S/C24H22F3N3OS/c25-24(26,27)31-20-9-11-21-16(12-20)6-7-17(29-21)14-30(18-4-2-1-3-5-18)19-8-10-22-23(13-19)32-15-28-22/h6-13,15,18H,1-5,14H2. The average molecular weight is 458 g/mol. The molecule has 5 rings (SSSR count). The molecule has 8 heteroatoms. The second-order valence-corrected chi connectivity index (χ2v) is 9.02. The van der Waals surface area contributed by atoms with Crippen molar-refractivity contribution in [2.75, 3.05) is 4.90 Å². The Kier molecular flexibility index (Phi) is 5.63. The third-order valence-corrected chi connectivity index (χ3v) is 6.74. The maximum absolute atomic E-state index is 12.5. The number of hydrogen-bond acceptors (Lipinski definition) is 5. The molecule has 166 valence electrons. The predicted octanol–water partition coefficient (Wildman–Crippen LogP) is 7.08. The van der Waals surface area contributed by atoms with Crippen molar-refractivity contribution in [3.8, 4) is 5.75 Å². The minimum Gasteiger partial charge on any atom is -0.406 e. The molecule has 1 fully saturated rings. The first-order valence-electron chi connectivity index (χ1n) is 10.7. The van der Waals surface area contributed by atoms with Gasteiger partial charge in [-0.25, -0.2) is 4.98 Å². The summed E-state index contributed by atoms with van der Waals surface area (Å²) in [4.78, 5) is 11.5. The zero-order valence-corrected chi connectivity index (χ0v) is 18.1. The first-order chi connectivity index (χ1) is 15.4. The van der Waals surface area contributed by atoms with Gasteiger partial charge in [0.1, 0.15) is 5.75 Å². The third-order valence-electron chi connectivity index (χ3n) is 5.95. The molecule has 0 N–H and O–H groups in total. The molecule has 1 aliphatic carbocycles. The van der Waals surface area contributed by atoms with Gasteiger partial charge in [0.05, 0.1) is 33.5 Å². The molecule has 32 heavy (non-hydrogen) atoms. The van der Waals surface area contributed by atoms with Gasteiger partial charge in [-0.05, 0) is 55.3 Å². The van der Waals surface area contributed by atoms with Crippen LogP contribution in [-0.2, 0) is 6.54 Å². The Morgan fingerprint density at radius 1 is 0.969 bits per heavy atom. The lowest BCUT2D eigenvalue weighted by Gasteiger charge is -2.36. The minimum atomic E-state index is -4.71. The summed E-state index contributed by atoms with van der Waals surface area (Å²) >= 11 is 1.63. The van der Waals surface area contributed by atoms with Crippen LogP contribution in [0.3, 0.4) is 0 Å². The van der Waals surface area contributed by atoms with Crippen LogP contribution in [0.4, 0.5) is 18.9 Å². The summed E-state index contributed by atoms with van der Waals surface area (Å²) in [6, 6.07) is 14.8. The highest BCUT2D eigenvalue weighted by Crippen LogP contribution is 2.32. The Labute approximate surface area is 187 Å². The summed E-state index contributed by atoms with van der Waals surface area (Å²) in [5, 5.41) is 0.616. The maximum atomic E-state index is 12.5. The summed E-state index contributed by atoms with van der Waals surface area (Å²) in [7, 11) is 0. The Bertz CT molecular complexity index is 1230. The van der Waals surface area contributed by atoms with E-state index in [0.29, 0.717) is 23.5 Å². The molecule has 0 bridgehead atoms. The molecule has 1 aliphatic rings. The van der Waals surface area contributed by atoms with Gasteiger partial charge in [0.15, 0.2) is 0 Å². The summed E-state index contributed by atoms with van der Waals surface area (Å²) in [5.41, 5.74) is 5.56. The smallest absolute Gasteiger partial charge is 0.406 e. The van der Waals surface area contributed by atoms with Crippen molar-refractivity contribution in [1.29, 1.82) is 0 Å². The first kappa shape index (κ1) is 21.0. The zero-order valence-electron chi connectivity index (χ0n) is 17.3. The van der Waals surface area contributed by atoms with E-state index >= 15 is 0 Å². The minimum absolute atomic E-state index is 0.235. The molecule has 2 aromatic carbocycles. The van der Waals surface area contributed by atoms with Crippen molar-refractivity contribution in [3.05, 3.63) is 59.7 Å². The number of nitrogens with zero attached hydrogens (tertiary/aromatic N) is 3. The molecule has 0 unspecified atom stereocenters. The Morgan fingerprint density at radius 3 is 2.59 bits per heavy atom. The van der Waals surface area contributed by atoms with Crippen molar-refractivity contribution >= 4 is 38.1 Å². The fourth-order valence-electron chi connectivity index (χ4n) is 4.45. The molecule has 4 aromatic rings. The number of pyridine rings is 1. The summed E-state index contributed by atoms with van der Waals surface area (Å²) in [6.45, 7) is 0.645. The second-order valence-electron chi connectivity index (χ2n) is 8.13. The van der Waals surface area contributed by atoms with Crippen LogP contribution in [0.1, 0.15) is 37.8 Å². The van der Waals surface area contributed by atoms with E-state index in [1.165, 1.54) is 31.4 Å². The molecule has 0 spiro atoms. The Balaban J connectivity index is 1.45. The molecule has 0 amide bonds. The summed E-state index contributed by atoms with van der Waals surface area (Å²) < 4.78 is 42.7. The zero-order chi connectivity index (χ0) is 22.1. The Hall–Kier alpha value is -2.87. The van der Waals surface area contributed by atoms with E-state index in [0.717, 1.165) is 34.4 Å². The average Bonchev–Trinajstić information content (AvgIpc) is 3.25. The van der Waals surface area contributed by atoms with E-state index in [4.69, 9.17) is 4.98 Å². The van der Waals surface area contributed by atoms with Crippen molar-refractivity contribution in [2.45, 2.75) is 51.1 Å². The molecule has 0 atom stereocenters. The molecular formula is C24H22F3N3OS. The number of alkyl halides is 3. The van der Waals surface area contributed by atoms with Gasteiger partial charge in [-0.1, -0.05) is 25.3 Å². The lowest BCUT2D eigenvalue weighted by Crippen LogP contribution is -2.36. The van der Waals surface area contributed by atoms with Crippen molar-refractivity contribution < 1.29 is 17.9 Å². The molecule has 2 heterocycles. The van der Waals surface area contributed by atoms with E-state index in [-0.39, 0.29) is 5.75 Å². The van der Waals surface area contributed by atoms with Crippen molar-refractivity contribution in [2.24, 2.45) is 0 Å². The van der Waals surface area contributed by atoms with Crippen LogP contribution in [0, 0.1) is 0 Å². The van der Waals surface area contributed by atoms with Crippen LogP contribution in [0.15, 0.2) is 54.0 Å². The van der Waals surface area contributed by atoms with Crippen LogP contribution in [0.5, 0.6) is 5.75 Å². The molecule has 0 saturated heterocycles. The third kappa shape index (κ3) is 4.65. The first-order valence-corrected chi connectivity index (χ1v) is 11.6. The highest BCUT2D eigenvalue weighted by Gasteiger charge is 2.31. The van der Waals surface area contributed by atoms with Gasteiger partial charge in [-0.3, -0.25) is 4.98 Å². The van der Waals surface area contributed by atoms with Crippen LogP contribution in [-0.4, -0.2) is 22.4 Å². The molecule has 0 radical (unpaired) electrons. The number of aromatic nitrogens is 2. The van der Waals surface area contributed by atoms with E-state index in [9.17, 15) is 13.2 Å². The lowest BCUT2D eigenvalue weighted by molar-refractivity contribution is -0.274. The quantitative estimate of drug-likeness (QED) is 0.321. The van der Waals surface area contributed by atoms with Gasteiger partial charge >= 0.3 is 6.36 Å².